The quantitative estimate of drug-likeness (QED) is 0.0529. The highest BCUT2D eigenvalue weighted by molar-refractivity contribution is 7.20. The molecule has 0 atom stereocenters. The second-order valence-corrected chi connectivity index (χ2v) is 29.7. The first kappa shape index (κ1) is 35.6. The fourth-order valence-corrected chi connectivity index (χ4v) is 16.3. The zero-order valence-corrected chi connectivity index (χ0v) is 53.6. The minimum atomic E-state index is -6.20. The molecule has 0 aliphatic rings. The van der Waals surface area contributed by atoms with E-state index in [-0.39, 0.29) is 89.4 Å². The van der Waals surface area contributed by atoms with Crippen molar-refractivity contribution in [2.75, 3.05) is 0 Å². The second kappa shape index (κ2) is 23.5. The monoisotopic (exact) mass is 1250 g/mol. The molecular weight excluding hydrogens is 1150 g/mol. The highest BCUT2D eigenvalue weighted by atomic mass is 28.3. The van der Waals surface area contributed by atoms with Gasteiger partial charge in [0.05, 0.1) is 60.9 Å². The number of hydrogen-bond donors (Lipinski definition) is 0. The van der Waals surface area contributed by atoms with E-state index in [0.717, 1.165) is 11.1 Å². The van der Waals surface area contributed by atoms with Crippen LogP contribution in [0.3, 0.4) is 0 Å². The molecular formula is C87H80N4OSi. The zero-order valence-electron chi connectivity index (χ0n) is 81.6. The summed E-state index contributed by atoms with van der Waals surface area (Å²) in [5, 5.41) is -1.22. The molecule has 0 radical (unpaired) electrons. The Morgan fingerprint density at radius 3 is 1.65 bits per heavy atom. The van der Waals surface area contributed by atoms with E-state index in [9.17, 15) is 16.4 Å². The van der Waals surface area contributed by atoms with Gasteiger partial charge in [0.2, 0.25) is 0 Å². The van der Waals surface area contributed by atoms with Crippen LogP contribution in [0.2, 0.25) is 0 Å². The molecule has 0 saturated carbocycles. The van der Waals surface area contributed by atoms with Crippen LogP contribution in [-0.4, -0.2) is 22.2 Å². The lowest BCUT2D eigenvalue weighted by Gasteiger charge is -2.38. The summed E-state index contributed by atoms with van der Waals surface area (Å²) in [7, 11) is -6.20. The van der Waals surface area contributed by atoms with Gasteiger partial charge in [0.15, 0.2) is 8.07 Å². The largest absolute Gasteiger partial charge is 0.458 e. The van der Waals surface area contributed by atoms with E-state index in [1.54, 1.807) is 71.3 Å². The van der Waals surface area contributed by atoms with Crippen LogP contribution in [0, 0.1) is 26.9 Å². The average molecular weight is 1250 g/mol. The molecule has 3 heterocycles. The van der Waals surface area contributed by atoms with Crippen LogP contribution in [0.25, 0.3) is 83.4 Å². The van der Waals surface area contributed by atoms with Crippen molar-refractivity contribution >= 4 is 61.7 Å². The van der Waals surface area contributed by atoms with Gasteiger partial charge in [0.25, 0.3) is 6.33 Å². The van der Waals surface area contributed by atoms with E-state index in [0.29, 0.717) is 32.9 Å². The first-order chi connectivity index (χ1) is 56.6. The third-order valence-electron chi connectivity index (χ3n) is 17.1. The molecule has 0 aliphatic carbocycles. The van der Waals surface area contributed by atoms with Crippen molar-refractivity contribution in [3.63, 3.8) is 0 Å². The molecule has 0 fully saturated rings. The molecule has 93 heavy (non-hydrogen) atoms. The number of fused-ring (bicyclic) bond motifs is 4. The summed E-state index contributed by atoms with van der Waals surface area (Å²) in [6.45, 7) is 8.75. The number of ether oxygens (including phenoxy) is 1. The highest BCUT2D eigenvalue weighted by Crippen LogP contribution is 2.41. The van der Waals surface area contributed by atoms with Crippen molar-refractivity contribution in [3.05, 3.63) is 306 Å². The van der Waals surface area contributed by atoms with Gasteiger partial charge in [0.1, 0.15) is 17.3 Å². The number of imidazole rings is 1. The van der Waals surface area contributed by atoms with E-state index in [1.165, 1.54) is 51.7 Å². The Balaban J connectivity index is 1.15. The van der Waals surface area contributed by atoms with Crippen molar-refractivity contribution in [3.8, 4) is 62.1 Å². The Bertz CT molecular complexity index is 6430. The minimum absolute atomic E-state index is 0.0490. The predicted molar refractivity (Wildman–Crippen MR) is 393 cm³/mol. The van der Waals surface area contributed by atoms with Gasteiger partial charge in [-0.25, -0.2) is 4.98 Å². The lowest BCUT2D eigenvalue weighted by molar-refractivity contribution is -0.570. The number of pyridine rings is 1. The van der Waals surface area contributed by atoms with Crippen molar-refractivity contribution in [2.45, 2.75) is 99.1 Å². The van der Waals surface area contributed by atoms with Crippen molar-refractivity contribution in [1.29, 1.82) is 0 Å². The average Bonchev–Trinajstić information content (AvgIpc) is 0.782. The Kier molecular flexibility index (Phi) is 9.01. The molecule has 5 nitrogen and oxygen atoms in total. The molecule has 0 amide bonds. The van der Waals surface area contributed by atoms with Crippen LogP contribution in [0.15, 0.2) is 267 Å². The second-order valence-electron chi connectivity index (χ2n) is 26.1. The van der Waals surface area contributed by atoms with Crippen molar-refractivity contribution < 1.29 is 49.1 Å². The summed E-state index contributed by atoms with van der Waals surface area (Å²) in [6, 6.07) is 19.9. The van der Waals surface area contributed by atoms with E-state index in [2.05, 4.69) is 12.4 Å². The zero-order chi connectivity index (χ0) is 89.5. The number of benzene rings is 11. The molecule has 3 aromatic heterocycles. The van der Waals surface area contributed by atoms with Crippen LogP contribution in [0.1, 0.15) is 135 Å². The molecule has 14 aromatic rings. The number of aromatic nitrogens is 4. The van der Waals surface area contributed by atoms with Crippen LogP contribution in [0.5, 0.6) is 11.5 Å². The number of hydrogen-bond acceptors (Lipinski definition) is 2. The van der Waals surface area contributed by atoms with Crippen LogP contribution in [-0.2, 0) is 16.2 Å². The predicted octanol–water partition coefficient (Wildman–Crippen LogP) is 19.2. The Morgan fingerprint density at radius 1 is 0.462 bits per heavy atom. The maximum Gasteiger partial charge on any atom is 0.269 e. The van der Waals surface area contributed by atoms with Gasteiger partial charge < -0.3 is 4.74 Å². The third-order valence-corrected chi connectivity index (χ3v) is 21.2. The summed E-state index contributed by atoms with van der Waals surface area (Å²) in [5.41, 5.74) is -0.256. The van der Waals surface area contributed by atoms with Crippen LogP contribution < -0.4 is 30.1 Å². The molecule has 0 N–H and O–H groups in total. The Hall–Kier alpha value is -10.1. The SMILES string of the molecule is [2H]c1c([2H])c([2H])c(-c2cnc(-n3c4ccccc4c4ccc(Oc5cccc(-n6[c-][n+](-c7c(-c8cc(C(C)(C)C)cc(C(C)(C)C)c8)cc(C(C)(C)C)cc7[Si](c7c([2H])c([2H])c([2H])c([2H])c7[2H])(c7c([2H])c([2H])c([2H])c([2H])c7[2H])c7c([2H])c([2H])c([2H])c([2H])c7[2H])c7ccc(-c8c(C([2H])([2H])[2H])cccc8C([2H])([2H])[2H])cc76)c5)cc43)cc2C([2H])([2H])[2H])c([2H])c1[2H]. The molecule has 14 rings (SSSR count). The highest BCUT2D eigenvalue weighted by Gasteiger charge is 2.45. The molecule has 0 saturated heterocycles. The Morgan fingerprint density at radius 2 is 1.03 bits per heavy atom. The van der Waals surface area contributed by atoms with Crippen molar-refractivity contribution in [1.82, 2.24) is 14.1 Å². The lowest BCUT2D eigenvalue weighted by Crippen LogP contribution is -2.76. The third kappa shape index (κ3) is 11.0. The first-order valence-electron chi connectivity index (χ1n) is 44.8. The maximum atomic E-state index is 10.4. The van der Waals surface area contributed by atoms with E-state index >= 15 is 0 Å². The van der Waals surface area contributed by atoms with Gasteiger partial charge in [-0.1, -0.05) is 268 Å². The number of aryl methyl sites for hydroxylation is 3. The Labute approximate surface area is 590 Å². The number of rotatable bonds is 12. The van der Waals surface area contributed by atoms with Crippen LogP contribution in [0.4, 0.5) is 0 Å². The standard InChI is InChI=1S/C87H80N4OSi/c1-58-29-27-30-59(2)83(58)62-43-46-78-80(50-62)89(67-33-28-34-68(54-67)92-69-44-45-74-73-41-25-26-42-77(73)91(79(74)55-69)82-47-60(3)76(56-88-82)61-31-17-13-18-32-61)57-90(78)84-75(63-48-64(85(4,5)6)51-65(49-63)86(7,8)9)52-66(87(10,11)12)53-81(84)93(70-35-19-14-20-36-70,71-37-21-15-22-38-71)72-39-23-16-24-40-72/h13-56H,1-12H3/i1D3,2D3,3D3,13D,14D,15D,16D,17D,18D,19D,20D,21D,22D,23D,24D,31D,32D,35D,36D,37D,38D,39D,40D. The van der Waals surface area contributed by atoms with Gasteiger partial charge in [-0.15, -0.1) is 0 Å². The number of para-hydroxylation sites is 1. The summed E-state index contributed by atoms with van der Waals surface area (Å²) in [4.78, 5) is 4.74. The fourth-order valence-electron chi connectivity index (χ4n) is 12.3. The molecule has 0 unspecified atom stereocenters. The van der Waals surface area contributed by atoms with E-state index in [1.807, 2.05) is 92.6 Å². The minimum Gasteiger partial charge on any atom is -0.458 e. The molecule has 0 bridgehead atoms. The molecule has 0 spiro atoms. The summed E-state index contributed by atoms with van der Waals surface area (Å²) in [6.07, 6.45) is 4.75. The molecule has 458 valence electrons. The van der Waals surface area contributed by atoms with Crippen molar-refractivity contribution in [2.24, 2.45) is 0 Å². The van der Waals surface area contributed by atoms with Gasteiger partial charge >= 0.3 is 0 Å². The van der Waals surface area contributed by atoms with Gasteiger partial charge in [0, 0.05) is 40.9 Å². The van der Waals surface area contributed by atoms with Gasteiger partial charge in [-0.05, 0) is 167 Å². The topological polar surface area (TPSA) is 35.9 Å². The molecule has 0 aliphatic heterocycles. The normalized spacial score (nSPS) is 17.2. The lowest BCUT2D eigenvalue weighted by atomic mass is 9.78. The van der Waals surface area contributed by atoms with Gasteiger partial charge in [-0.2, -0.15) is 0 Å². The first-order valence-corrected chi connectivity index (χ1v) is 32.3. The summed E-state index contributed by atoms with van der Waals surface area (Å²) < 4.78 is 282. The smallest absolute Gasteiger partial charge is 0.269 e. The van der Waals surface area contributed by atoms with E-state index in [4.69, 9.17) is 33.0 Å². The summed E-state index contributed by atoms with van der Waals surface area (Å²) >= 11 is 0. The molecule has 6 heteroatoms. The number of nitrogens with zero attached hydrogens (tertiary/aromatic N) is 4. The fraction of sp³-hybridized carbons (Fsp3) is 0.172. The molecule has 11 aromatic carbocycles. The maximum absolute atomic E-state index is 10.4. The summed E-state index contributed by atoms with van der Waals surface area (Å²) in [5.74, 6) is 0.390. The van der Waals surface area contributed by atoms with Gasteiger partial charge in [-0.3, -0.25) is 13.7 Å². The van der Waals surface area contributed by atoms with Crippen LogP contribution >= 0.6 is 0 Å². The van der Waals surface area contributed by atoms with E-state index < -0.39 is 181 Å².